The van der Waals surface area contributed by atoms with Gasteiger partial charge in [0.25, 0.3) is 0 Å². The lowest BCUT2D eigenvalue weighted by Crippen LogP contribution is -2.37. The molecule has 1 aliphatic rings. The summed E-state index contributed by atoms with van der Waals surface area (Å²) in [6, 6.07) is 51.3. The van der Waals surface area contributed by atoms with Crippen molar-refractivity contribution >= 4 is 76.2 Å². The molecule has 0 N–H and O–H groups in total. The molecule has 0 radical (unpaired) electrons. The average molecular weight is 749 g/mol. The van der Waals surface area contributed by atoms with Crippen molar-refractivity contribution in [1.82, 2.24) is 4.57 Å². The maximum Gasteiger partial charge on any atom is 0.0776 e. The molecule has 7 aromatic carbocycles. The molecule has 0 aliphatic heterocycles. The van der Waals surface area contributed by atoms with E-state index in [-0.39, 0.29) is 5.41 Å². The fraction of sp³-hybridized carbons (Fsp3) is 0.216. The lowest BCUT2D eigenvalue weighted by atomic mass is 9.81. The number of aromatic nitrogens is 1. The van der Waals surface area contributed by atoms with Crippen LogP contribution in [0, 0.1) is 13.8 Å². The van der Waals surface area contributed by atoms with E-state index in [1.165, 1.54) is 93.4 Å². The van der Waals surface area contributed by atoms with Crippen molar-refractivity contribution in [2.75, 3.05) is 4.90 Å². The van der Waals surface area contributed by atoms with Gasteiger partial charge in [0, 0.05) is 38.6 Å². The molecule has 4 heteroatoms. The third-order valence-electron chi connectivity index (χ3n) is 12.2. The van der Waals surface area contributed by atoms with Gasteiger partial charge in [-0.2, -0.15) is 0 Å². The SMILES string of the molecule is Cc1ccc(N(c2cccc(C)c2)c2ccc3c(c2)C(C)(C)c2cc(-n4c5ccc([Si](C)(C)C)cc5c5cc([Si](C)(C)C)ccc54)c4ccccc4c2-3)cc1. The molecule has 1 heterocycles. The summed E-state index contributed by atoms with van der Waals surface area (Å²) in [6.45, 7) is 23.9. The van der Waals surface area contributed by atoms with Crippen molar-refractivity contribution in [3.05, 3.63) is 156 Å². The molecule has 0 bridgehead atoms. The van der Waals surface area contributed by atoms with Gasteiger partial charge in [0.05, 0.1) is 32.9 Å². The van der Waals surface area contributed by atoms with Crippen LogP contribution in [0.5, 0.6) is 0 Å². The van der Waals surface area contributed by atoms with E-state index >= 15 is 0 Å². The minimum absolute atomic E-state index is 0.222. The summed E-state index contributed by atoms with van der Waals surface area (Å²) in [5.41, 5.74) is 15.1. The number of aryl methyl sites for hydroxylation is 2. The van der Waals surface area contributed by atoms with E-state index in [9.17, 15) is 0 Å². The normalized spacial score (nSPS) is 13.8. The average Bonchev–Trinajstić information content (AvgIpc) is 3.59. The van der Waals surface area contributed by atoms with Crippen molar-refractivity contribution in [1.29, 1.82) is 0 Å². The fourth-order valence-corrected chi connectivity index (χ4v) is 11.3. The van der Waals surface area contributed by atoms with Crippen LogP contribution in [0.1, 0.15) is 36.1 Å². The largest absolute Gasteiger partial charge is 0.310 e. The Morgan fingerprint density at radius 2 is 1.05 bits per heavy atom. The van der Waals surface area contributed by atoms with Gasteiger partial charge in [0.15, 0.2) is 0 Å². The molecule has 1 aromatic heterocycles. The number of rotatable bonds is 6. The Bertz CT molecular complexity index is 2750. The van der Waals surface area contributed by atoms with E-state index in [1.54, 1.807) is 0 Å². The first-order valence-corrected chi connectivity index (χ1v) is 26.9. The molecule has 8 aromatic rings. The quantitative estimate of drug-likeness (QED) is 0.154. The van der Waals surface area contributed by atoms with Gasteiger partial charge in [-0.15, -0.1) is 0 Å². The Labute approximate surface area is 329 Å². The molecule has 0 amide bonds. The van der Waals surface area contributed by atoms with E-state index in [0.29, 0.717) is 0 Å². The van der Waals surface area contributed by atoms with Crippen molar-refractivity contribution < 1.29 is 0 Å². The second-order valence-electron chi connectivity index (χ2n) is 18.5. The Morgan fingerprint density at radius 3 is 1.65 bits per heavy atom. The number of anilines is 3. The number of hydrogen-bond acceptors (Lipinski definition) is 1. The third kappa shape index (κ3) is 5.72. The lowest BCUT2D eigenvalue weighted by Gasteiger charge is -2.28. The number of hydrogen-bond donors (Lipinski definition) is 0. The van der Waals surface area contributed by atoms with Gasteiger partial charge in [-0.3, -0.25) is 0 Å². The minimum atomic E-state index is -1.54. The molecule has 2 nitrogen and oxygen atoms in total. The summed E-state index contributed by atoms with van der Waals surface area (Å²) >= 11 is 0. The molecule has 1 aliphatic carbocycles. The Kier molecular flexibility index (Phi) is 8.03. The van der Waals surface area contributed by atoms with Crippen LogP contribution in [0.3, 0.4) is 0 Å². The molecule has 0 spiro atoms. The van der Waals surface area contributed by atoms with Crippen LogP contribution >= 0.6 is 0 Å². The predicted octanol–water partition coefficient (Wildman–Crippen LogP) is 13.4. The first-order chi connectivity index (χ1) is 26.1. The topological polar surface area (TPSA) is 8.17 Å². The van der Waals surface area contributed by atoms with Crippen LogP contribution in [0.4, 0.5) is 17.1 Å². The van der Waals surface area contributed by atoms with Gasteiger partial charge in [0.1, 0.15) is 0 Å². The smallest absolute Gasteiger partial charge is 0.0776 e. The highest BCUT2D eigenvalue weighted by Crippen LogP contribution is 2.54. The van der Waals surface area contributed by atoms with Crippen LogP contribution < -0.4 is 15.3 Å². The maximum atomic E-state index is 2.58. The molecule has 55 heavy (non-hydrogen) atoms. The first-order valence-electron chi connectivity index (χ1n) is 19.9. The molecule has 0 fully saturated rings. The lowest BCUT2D eigenvalue weighted by molar-refractivity contribution is 0.660. The fourth-order valence-electron chi connectivity index (χ4n) is 9.00. The Morgan fingerprint density at radius 1 is 0.473 bits per heavy atom. The molecule has 0 saturated carbocycles. The Hall–Kier alpha value is -5.17. The van der Waals surface area contributed by atoms with Crippen molar-refractivity contribution in [2.24, 2.45) is 0 Å². The minimum Gasteiger partial charge on any atom is -0.310 e. The Balaban J connectivity index is 1.29. The van der Waals surface area contributed by atoms with Gasteiger partial charge < -0.3 is 9.47 Å². The standard InChI is InChI=1S/C51H52N2Si2/c1-33-18-20-35(21-19-33)52(36-15-13-14-34(2)28-36)37-22-25-42-45(29-37)51(3,4)46-32-49(40-16-11-12-17-41(40)50(42)46)53-47-26-23-38(54(5,6)7)30-43(47)44-31-39(55(8,9)10)24-27-48(44)53/h11-32H,1-10H3. The number of fused-ring (bicyclic) bond motifs is 8. The summed E-state index contributed by atoms with van der Waals surface area (Å²) in [4.78, 5) is 2.41. The van der Waals surface area contributed by atoms with Crippen molar-refractivity contribution in [2.45, 2.75) is 72.4 Å². The number of benzene rings is 7. The predicted molar refractivity (Wildman–Crippen MR) is 246 cm³/mol. The van der Waals surface area contributed by atoms with E-state index in [0.717, 1.165) is 5.69 Å². The molecule has 0 saturated heterocycles. The summed E-state index contributed by atoms with van der Waals surface area (Å²) in [5.74, 6) is 0. The van der Waals surface area contributed by atoms with Crippen LogP contribution in [0.15, 0.2) is 133 Å². The highest BCUT2D eigenvalue weighted by atomic mass is 28.3. The molecule has 274 valence electrons. The van der Waals surface area contributed by atoms with Gasteiger partial charge in [-0.05, 0) is 102 Å². The highest BCUT2D eigenvalue weighted by molar-refractivity contribution is 6.89. The molecular formula is C51H52N2Si2. The maximum absolute atomic E-state index is 2.58. The van der Waals surface area contributed by atoms with E-state index in [2.05, 4.69) is 210 Å². The van der Waals surface area contributed by atoms with E-state index in [1.807, 2.05) is 0 Å². The molecule has 9 rings (SSSR count). The van der Waals surface area contributed by atoms with Crippen LogP contribution in [0.2, 0.25) is 39.3 Å². The van der Waals surface area contributed by atoms with Crippen LogP contribution in [0.25, 0.3) is 49.4 Å². The van der Waals surface area contributed by atoms with Crippen LogP contribution in [-0.2, 0) is 5.41 Å². The zero-order chi connectivity index (χ0) is 38.6. The van der Waals surface area contributed by atoms with Crippen molar-refractivity contribution in [3.8, 4) is 16.8 Å². The van der Waals surface area contributed by atoms with Gasteiger partial charge >= 0.3 is 0 Å². The summed E-state index contributed by atoms with van der Waals surface area (Å²) in [6.07, 6.45) is 0. The zero-order valence-electron chi connectivity index (χ0n) is 34.1. The van der Waals surface area contributed by atoms with Gasteiger partial charge in [-0.1, -0.05) is 148 Å². The molecular weight excluding hydrogens is 697 g/mol. The third-order valence-corrected chi connectivity index (χ3v) is 16.3. The number of nitrogens with zero attached hydrogens (tertiary/aromatic N) is 2. The van der Waals surface area contributed by atoms with E-state index in [4.69, 9.17) is 0 Å². The van der Waals surface area contributed by atoms with Crippen LogP contribution in [-0.4, -0.2) is 20.7 Å². The summed E-state index contributed by atoms with van der Waals surface area (Å²) in [7, 11) is -3.07. The van der Waals surface area contributed by atoms with Gasteiger partial charge in [-0.25, -0.2) is 0 Å². The summed E-state index contributed by atoms with van der Waals surface area (Å²) in [5, 5.41) is 8.37. The van der Waals surface area contributed by atoms with Gasteiger partial charge in [0.2, 0.25) is 0 Å². The van der Waals surface area contributed by atoms with Crippen molar-refractivity contribution in [3.63, 3.8) is 0 Å². The zero-order valence-corrected chi connectivity index (χ0v) is 36.1. The molecule has 0 atom stereocenters. The summed E-state index contributed by atoms with van der Waals surface area (Å²) < 4.78 is 2.58. The second-order valence-corrected chi connectivity index (χ2v) is 28.7. The van der Waals surface area contributed by atoms with E-state index < -0.39 is 16.1 Å². The first kappa shape index (κ1) is 35.5. The molecule has 0 unspecified atom stereocenters. The second kappa shape index (κ2) is 12.4. The monoisotopic (exact) mass is 748 g/mol. The highest BCUT2D eigenvalue weighted by Gasteiger charge is 2.38.